The number of hydrogen-bond donors (Lipinski definition) is 0. The first-order chi connectivity index (χ1) is 9.88. The van der Waals surface area contributed by atoms with Crippen molar-refractivity contribution in [1.82, 2.24) is 9.88 Å². The molecule has 0 aliphatic carbocycles. The van der Waals surface area contributed by atoms with Crippen molar-refractivity contribution in [2.24, 2.45) is 0 Å². The molecule has 2 heterocycles. The van der Waals surface area contributed by atoms with Crippen molar-refractivity contribution in [2.75, 3.05) is 12.8 Å². The zero-order valence-electron chi connectivity index (χ0n) is 11.7. The minimum absolute atomic E-state index is 0.108. The van der Waals surface area contributed by atoms with Crippen LogP contribution < -0.4 is 0 Å². The van der Waals surface area contributed by atoms with Crippen LogP contribution in [-0.4, -0.2) is 31.1 Å². The van der Waals surface area contributed by atoms with Crippen LogP contribution >= 0.6 is 22.9 Å². The summed E-state index contributed by atoms with van der Waals surface area (Å²) in [5, 5.41) is 0.568. The minimum atomic E-state index is -3.22. The molecule has 112 valence electrons. The third-order valence-electron chi connectivity index (χ3n) is 3.81. The van der Waals surface area contributed by atoms with Crippen LogP contribution in [0.4, 0.5) is 0 Å². The van der Waals surface area contributed by atoms with E-state index in [-0.39, 0.29) is 11.8 Å². The number of halogens is 1. The molecule has 0 fully saturated rings. The van der Waals surface area contributed by atoms with E-state index in [0.717, 1.165) is 16.1 Å². The second-order valence-electron chi connectivity index (χ2n) is 5.26. The van der Waals surface area contributed by atoms with E-state index in [9.17, 15) is 8.42 Å². The molecule has 0 radical (unpaired) electrons. The quantitative estimate of drug-likeness (QED) is 0.860. The maximum Gasteiger partial charge on any atom is 0.180 e. The number of aryl methyl sites for hydroxylation is 1. The van der Waals surface area contributed by atoms with Gasteiger partial charge in [0.25, 0.3) is 0 Å². The van der Waals surface area contributed by atoms with Crippen LogP contribution in [0.25, 0.3) is 0 Å². The molecular weight excluding hydrogens is 328 g/mol. The maximum atomic E-state index is 12.3. The second-order valence-corrected chi connectivity index (χ2v) is 8.63. The molecule has 4 nitrogen and oxygen atoms in total. The molecule has 21 heavy (non-hydrogen) atoms. The lowest BCUT2D eigenvalue weighted by Gasteiger charge is -2.23. The lowest BCUT2D eigenvalue weighted by molar-refractivity contribution is 0.258. The van der Waals surface area contributed by atoms with Crippen LogP contribution in [0, 0.1) is 6.92 Å². The molecule has 7 heteroatoms. The highest BCUT2D eigenvalue weighted by Gasteiger charge is 2.37. The van der Waals surface area contributed by atoms with Gasteiger partial charge in [0.1, 0.15) is 0 Å². The fraction of sp³-hybridized carbons (Fsp3) is 0.357. The van der Waals surface area contributed by atoms with Crippen LogP contribution in [0.5, 0.6) is 0 Å². The SMILES string of the molecule is Cc1ncsc1CN(C)C1CS(=O)(=O)c2ccc(Cl)cc21. The van der Waals surface area contributed by atoms with Crippen molar-refractivity contribution < 1.29 is 8.42 Å². The summed E-state index contributed by atoms with van der Waals surface area (Å²) in [5.74, 6) is 0.108. The molecule has 0 saturated heterocycles. The highest BCUT2D eigenvalue weighted by molar-refractivity contribution is 7.91. The molecule has 0 amide bonds. The van der Waals surface area contributed by atoms with Crippen LogP contribution in [-0.2, 0) is 16.4 Å². The van der Waals surface area contributed by atoms with E-state index in [0.29, 0.717) is 16.5 Å². The van der Waals surface area contributed by atoms with E-state index in [1.54, 1.807) is 29.5 Å². The van der Waals surface area contributed by atoms with Crippen molar-refractivity contribution in [1.29, 1.82) is 0 Å². The molecule has 1 unspecified atom stereocenters. The Bertz CT molecular complexity index is 786. The maximum absolute atomic E-state index is 12.3. The predicted octanol–water partition coefficient (Wildman–Crippen LogP) is 3.07. The van der Waals surface area contributed by atoms with E-state index in [4.69, 9.17) is 11.6 Å². The molecule has 1 aliphatic rings. The van der Waals surface area contributed by atoms with E-state index in [1.165, 1.54) is 0 Å². The van der Waals surface area contributed by atoms with E-state index in [2.05, 4.69) is 9.88 Å². The number of sulfone groups is 1. The Hall–Kier alpha value is -0.950. The van der Waals surface area contributed by atoms with Gasteiger partial charge in [-0.15, -0.1) is 11.3 Å². The molecule has 0 saturated carbocycles. The zero-order valence-corrected chi connectivity index (χ0v) is 14.1. The van der Waals surface area contributed by atoms with E-state index < -0.39 is 9.84 Å². The Labute approximate surface area is 133 Å². The average molecular weight is 343 g/mol. The Morgan fingerprint density at radius 1 is 1.48 bits per heavy atom. The molecule has 0 bridgehead atoms. The molecule has 1 aliphatic heterocycles. The molecule has 2 aromatic rings. The van der Waals surface area contributed by atoms with Crippen LogP contribution in [0.2, 0.25) is 5.02 Å². The summed E-state index contributed by atoms with van der Waals surface area (Å²) in [6.07, 6.45) is 0. The van der Waals surface area contributed by atoms with Gasteiger partial charge in [0.15, 0.2) is 9.84 Å². The number of hydrogen-bond acceptors (Lipinski definition) is 5. The molecule has 1 aromatic carbocycles. The van der Waals surface area contributed by atoms with Gasteiger partial charge in [-0.1, -0.05) is 11.6 Å². The highest BCUT2D eigenvalue weighted by Crippen LogP contribution is 2.38. The van der Waals surface area contributed by atoms with Gasteiger partial charge >= 0.3 is 0 Å². The molecule has 3 rings (SSSR count). The first kappa shape index (κ1) is 15.0. The van der Waals surface area contributed by atoms with Crippen molar-refractivity contribution in [3.05, 3.63) is 44.9 Å². The largest absolute Gasteiger partial charge is 0.293 e. The minimum Gasteiger partial charge on any atom is -0.293 e. The van der Waals surface area contributed by atoms with E-state index >= 15 is 0 Å². The fourth-order valence-corrected chi connectivity index (χ4v) is 5.51. The van der Waals surface area contributed by atoms with Gasteiger partial charge in [0.05, 0.1) is 27.9 Å². The molecule has 1 aromatic heterocycles. The van der Waals surface area contributed by atoms with Gasteiger partial charge in [-0.2, -0.15) is 0 Å². The van der Waals surface area contributed by atoms with Crippen molar-refractivity contribution in [3.8, 4) is 0 Å². The monoisotopic (exact) mass is 342 g/mol. The average Bonchev–Trinajstić information content (AvgIpc) is 2.92. The Morgan fingerprint density at radius 2 is 2.24 bits per heavy atom. The lowest BCUT2D eigenvalue weighted by Crippen LogP contribution is -2.25. The predicted molar refractivity (Wildman–Crippen MR) is 84.6 cm³/mol. The molecule has 0 spiro atoms. The van der Waals surface area contributed by atoms with Gasteiger partial charge in [-0.05, 0) is 37.7 Å². The fourth-order valence-electron chi connectivity index (χ4n) is 2.63. The first-order valence-corrected chi connectivity index (χ1v) is 9.41. The molecular formula is C14H15ClN2O2S2. The highest BCUT2D eigenvalue weighted by atomic mass is 35.5. The number of fused-ring (bicyclic) bond motifs is 1. The third kappa shape index (κ3) is 2.73. The Balaban J connectivity index is 1.94. The summed E-state index contributed by atoms with van der Waals surface area (Å²) in [4.78, 5) is 7.86. The number of aromatic nitrogens is 1. The van der Waals surface area contributed by atoms with Crippen molar-refractivity contribution in [3.63, 3.8) is 0 Å². The Kier molecular flexibility index (Phi) is 3.81. The molecule has 1 atom stereocenters. The van der Waals surface area contributed by atoms with Crippen LogP contribution in [0.1, 0.15) is 22.2 Å². The summed E-state index contributed by atoms with van der Waals surface area (Å²) in [6, 6.07) is 4.85. The first-order valence-electron chi connectivity index (χ1n) is 6.50. The normalized spacial score (nSPS) is 19.9. The van der Waals surface area contributed by atoms with Gasteiger partial charge in [-0.3, -0.25) is 4.90 Å². The number of benzene rings is 1. The summed E-state index contributed by atoms with van der Waals surface area (Å²) in [5.41, 5.74) is 3.61. The van der Waals surface area contributed by atoms with Crippen LogP contribution in [0.3, 0.4) is 0 Å². The lowest BCUT2D eigenvalue weighted by atomic mass is 10.1. The summed E-state index contributed by atoms with van der Waals surface area (Å²) in [6.45, 7) is 2.65. The van der Waals surface area contributed by atoms with Crippen molar-refractivity contribution >= 4 is 32.8 Å². The van der Waals surface area contributed by atoms with E-state index in [1.807, 2.05) is 19.5 Å². The van der Waals surface area contributed by atoms with Gasteiger partial charge in [0, 0.05) is 16.4 Å². The standard InChI is InChI=1S/C14H15ClN2O2S2/c1-9-13(20-8-16-9)6-17(2)12-7-21(18,19)14-4-3-10(15)5-11(12)14/h3-5,8,12H,6-7H2,1-2H3. The molecule has 0 N–H and O–H groups in total. The van der Waals surface area contributed by atoms with Crippen molar-refractivity contribution in [2.45, 2.75) is 24.4 Å². The number of nitrogens with zero attached hydrogens (tertiary/aromatic N) is 2. The number of rotatable bonds is 3. The van der Waals surface area contributed by atoms with Gasteiger partial charge in [-0.25, -0.2) is 13.4 Å². The zero-order chi connectivity index (χ0) is 15.2. The summed E-state index contributed by atoms with van der Waals surface area (Å²) < 4.78 is 24.5. The van der Waals surface area contributed by atoms with Crippen LogP contribution in [0.15, 0.2) is 28.6 Å². The summed E-state index contributed by atoms with van der Waals surface area (Å²) in [7, 11) is -1.28. The Morgan fingerprint density at radius 3 is 2.90 bits per heavy atom. The van der Waals surface area contributed by atoms with Gasteiger partial charge < -0.3 is 0 Å². The topological polar surface area (TPSA) is 50.3 Å². The third-order valence-corrected chi connectivity index (χ3v) is 6.76. The second kappa shape index (κ2) is 5.35. The number of thiazole rings is 1. The summed E-state index contributed by atoms with van der Waals surface area (Å²) >= 11 is 7.63. The van der Waals surface area contributed by atoms with Gasteiger partial charge in [0.2, 0.25) is 0 Å². The smallest absolute Gasteiger partial charge is 0.180 e.